The van der Waals surface area contributed by atoms with Crippen LogP contribution in [0.1, 0.15) is 22.3 Å². The molecule has 0 saturated carbocycles. The monoisotopic (exact) mass is 369 g/mol. The summed E-state index contributed by atoms with van der Waals surface area (Å²) in [4.78, 5) is 11.5. The molecule has 0 aromatic heterocycles. The molecule has 0 atom stereocenters. The number of alkyl halides is 3. The predicted molar refractivity (Wildman–Crippen MR) is 88.4 cm³/mol. The number of anilines is 1. The minimum absolute atomic E-state index is 0.0671. The molecule has 0 unspecified atom stereocenters. The molecule has 26 heavy (non-hydrogen) atoms. The van der Waals surface area contributed by atoms with Crippen LogP contribution in [0.5, 0.6) is 5.75 Å². The topological polar surface area (TPSA) is 59.0 Å². The highest BCUT2D eigenvalue weighted by atomic mass is 19.4. The van der Waals surface area contributed by atoms with Gasteiger partial charge in [0.05, 0.1) is 18.4 Å². The number of halogens is 3. The van der Waals surface area contributed by atoms with Crippen LogP contribution in [0, 0.1) is 13.8 Å². The highest BCUT2D eigenvalue weighted by Crippen LogP contribution is 2.37. The largest absolute Gasteiger partial charge is 0.488 e. The maximum atomic E-state index is 13.2. The van der Waals surface area contributed by atoms with E-state index in [1.807, 2.05) is 0 Å². The van der Waals surface area contributed by atoms with Crippen LogP contribution in [-0.2, 0) is 17.5 Å². The standard InChI is InChI=1S/C18H18F3NO4/c1-11-7-8-16(14(9-11)18(19,20)21)26-10-13-12(2)5-4-6-15(13)22(24)17(23)25-3/h4-9,24H,10H2,1-3H3. The number of carbonyl (C=O) groups excluding carboxylic acids is 1. The molecule has 0 saturated heterocycles. The highest BCUT2D eigenvalue weighted by molar-refractivity contribution is 5.86. The lowest BCUT2D eigenvalue weighted by atomic mass is 10.1. The maximum absolute atomic E-state index is 13.2. The van der Waals surface area contributed by atoms with Crippen molar-refractivity contribution in [3.05, 3.63) is 58.7 Å². The summed E-state index contributed by atoms with van der Waals surface area (Å²) in [6.07, 6.45) is -5.59. The normalized spacial score (nSPS) is 11.2. The lowest BCUT2D eigenvalue weighted by Crippen LogP contribution is -2.28. The first-order valence-electron chi connectivity index (χ1n) is 7.61. The van der Waals surface area contributed by atoms with Gasteiger partial charge in [-0.1, -0.05) is 23.8 Å². The van der Waals surface area contributed by atoms with Gasteiger partial charge in [-0.15, -0.1) is 0 Å². The highest BCUT2D eigenvalue weighted by Gasteiger charge is 2.34. The fourth-order valence-electron chi connectivity index (χ4n) is 2.40. The fraction of sp³-hybridized carbons (Fsp3) is 0.278. The summed E-state index contributed by atoms with van der Waals surface area (Å²) in [5, 5.41) is 10.2. The van der Waals surface area contributed by atoms with Gasteiger partial charge in [0, 0.05) is 5.56 Å². The van der Waals surface area contributed by atoms with E-state index in [0.29, 0.717) is 16.7 Å². The summed E-state index contributed by atoms with van der Waals surface area (Å²) in [5.74, 6) is -0.333. The summed E-state index contributed by atoms with van der Waals surface area (Å²) < 4.78 is 49.4. The molecule has 0 spiro atoms. The van der Waals surface area contributed by atoms with Gasteiger partial charge in [0.2, 0.25) is 0 Å². The Morgan fingerprint density at radius 1 is 1.19 bits per heavy atom. The number of hydrogen-bond acceptors (Lipinski definition) is 4. The second kappa shape index (κ2) is 7.65. The summed E-state index contributed by atoms with van der Waals surface area (Å²) in [6, 6.07) is 8.47. The molecule has 2 rings (SSSR count). The predicted octanol–water partition coefficient (Wildman–Crippen LogP) is 4.86. The zero-order valence-corrected chi connectivity index (χ0v) is 14.4. The average molecular weight is 369 g/mol. The van der Waals surface area contributed by atoms with Crippen molar-refractivity contribution in [2.24, 2.45) is 0 Å². The second-order valence-corrected chi connectivity index (χ2v) is 5.64. The Morgan fingerprint density at radius 3 is 2.50 bits per heavy atom. The number of hydrogen-bond donors (Lipinski definition) is 1. The Bertz CT molecular complexity index is 806. The first-order valence-corrected chi connectivity index (χ1v) is 7.61. The van der Waals surface area contributed by atoms with Crippen LogP contribution in [-0.4, -0.2) is 18.4 Å². The molecule has 0 aliphatic carbocycles. The zero-order valence-electron chi connectivity index (χ0n) is 14.4. The number of hydroxylamine groups is 1. The third kappa shape index (κ3) is 4.26. The molecule has 0 aliphatic heterocycles. The molecular formula is C18H18F3NO4. The molecule has 0 radical (unpaired) electrons. The van der Waals surface area contributed by atoms with Gasteiger partial charge in [0.25, 0.3) is 0 Å². The number of rotatable bonds is 4. The van der Waals surface area contributed by atoms with Gasteiger partial charge in [-0.05, 0) is 37.6 Å². The number of carbonyl (C=O) groups is 1. The van der Waals surface area contributed by atoms with E-state index in [-0.39, 0.29) is 23.1 Å². The molecule has 1 amide bonds. The molecule has 0 bridgehead atoms. The van der Waals surface area contributed by atoms with E-state index in [1.165, 1.54) is 18.2 Å². The van der Waals surface area contributed by atoms with E-state index in [1.54, 1.807) is 26.0 Å². The minimum atomic E-state index is -4.56. The van der Waals surface area contributed by atoms with E-state index >= 15 is 0 Å². The van der Waals surface area contributed by atoms with Gasteiger partial charge < -0.3 is 9.47 Å². The number of nitrogens with zero attached hydrogens (tertiary/aromatic N) is 1. The van der Waals surface area contributed by atoms with Crippen molar-refractivity contribution in [3.8, 4) is 5.75 Å². The van der Waals surface area contributed by atoms with E-state index in [9.17, 15) is 23.2 Å². The number of benzene rings is 2. The van der Waals surface area contributed by atoms with Gasteiger partial charge in [-0.25, -0.2) is 4.79 Å². The molecule has 140 valence electrons. The van der Waals surface area contributed by atoms with Gasteiger partial charge in [-0.3, -0.25) is 5.21 Å². The molecule has 8 heteroatoms. The van der Waals surface area contributed by atoms with Crippen molar-refractivity contribution in [1.82, 2.24) is 0 Å². The van der Waals surface area contributed by atoms with Crippen molar-refractivity contribution in [2.75, 3.05) is 12.2 Å². The molecule has 5 nitrogen and oxygen atoms in total. The van der Waals surface area contributed by atoms with E-state index in [0.717, 1.165) is 13.2 Å². The Hall–Kier alpha value is -2.74. The molecule has 2 aromatic carbocycles. The third-order valence-corrected chi connectivity index (χ3v) is 3.77. The summed E-state index contributed by atoms with van der Waals surface area (Å²) in [6.45, 7) is 2.97. The van der Waals surface area contributed by atoms with Crippen LogP contribution in [0.25, 0.3) is 0 Å². The number of ether oxygens (including phenoxy) is 2. The average Bonchev–Trinajstić information content (AvgIpc) is 2.59. The number of aryl methyl sites for hydroxylation is 2. The van der Waals surface area contributed by atoms with Crippen molar-refractivity contribution in [3.63, 3.8) is 0 Å². The Kier molecular flexibility index (Phi) is 5.76. The SMILES string of the molecule is COC(=O)N(O)c1cccc(C)c1COc1ccc(C)cc1C(F)(F)F. The van der Waals surface area contributed by atoms with E-state index in [2.05, 4.69) is 4.74 Å². The van der Waals surface area contributed by atoms with Crippen LogP contribution in [0.15, 0.2) is 36.4 Å². The van der Waals surface area contributed by atoms with Gasteiger partial charge in [-0.2, -0.15) is 18.2 Å². The number of methoxy groups -OCH3 is 1. The third-order valence-electron chi connectivity index (χ3n) is 3.77. The lowest BCUT2D eigenvalue weighted by Gasteiger charge is -2.20. The van der Waals surface area contributed by atoms with Crippen LogP contribution in [0.2, 0.25) is 0 Å². The first-order chi connectivity index (χ1) is 12.1. The molecule has 2 aromatic rings. The van der Waals surface area contributed by atoms with Crippen molar-refractivity contribution in [1.29, 1.82) is 0 Å². The van der Waals surface area contributed by atoms with E-state index < -0.39 is 17.8 Å². The van der Waals surface area contributed by atoms with Gasteiger partial charge in [0.1, 0.15) is 12.4 Å². The summed E-state index contributed by atoms with van der Waals surface area (Å²) in [7, 11) is 1.10. The molecule has 0 fully saturated rings. The van der Waals surface area contributed by atoms with E-state index in [4.69, 9.17) is 4.74 Å². The lowest BCUT2D eigenvalue weighted by molar-refractivity contribution is -0.139. The Balaban J connectivity index is 2.35. The first kappa shape index (κ1) is 19.6. The van der Waals surface area contributed by atoms with Crippen molar-refractivity contribution >= 4 is 11.8 Å². The zero-order chi connectivity index (χ0) is 19.5. The van der Waals surface area contributed by atoms with Crippen LogP contribution in [0.4, 0.5) is 23.7 Å². The quantitative estimate of drug-likeness (QED) is 0.617. The van der Waals surface area contributed by atoms with Gasteiger partial charge in [0.15, 0.2) is 0 Å². The Morgan fingerprint density at radius 2 is 1.88 bits per heavy atom. The molecule has 1 N–H and O–H groups in total. The number of amides is 1. The van der Waals surface area contributed by atoms with Crippen molar-refractivity contribution < 1.29 is 32.6 Å². The summed E-state index contributed by atoms with van der Waals surface area (Å²) >= 11 is 0. The second-order valence-electron chi connectivity index (χ2n) is 5.64. The fourth-order valence-corrected chi connectivity index (χ4v) is 2.40. The van der Waals surface area contributed by atoms with Gasteiger partial charge >= 0.3 is 12.3 Å². The molecular weight excluding hydrogens is 351 g/mol. The summed E-state index contributed by atoms with van der Waals surface area (Å²) in [5.41, 5.74) is 0.618. The molecule has 0 aliphatic rings. The maximum Gasteiger partial charge on any atom is 0.438 e. The minimum Gasteiger partial charge on any atom is -0.488 e. The molecule has 0 heterocycles. The van der Waals surface area contributed by atoms with Crippen LogP contribution < -0.4 is 9.80 Å². The van der Waals surface area contributed by atoms with Crippen LogP contribution >= 0.6 is 0 Å². The van der Waals surface area contributed by atoms with Crippen molar-refractivity contribution in [2.45, 2.75) is 26.6 Å². The smallest absolute Gasteiger partial charge is 0.438 e. The Labute approximate surface area is 148 Å². The van der Waals surface area contributed by atoms with Crippen LogP contribution in [0.3, 0.4) is 0 Å².